The number of carboxylic acids is 2. The van der Waals surface area contributed by atoms with E-state index >= 15 is 0 Å². The Hall–Kier alpha value is -1.83. The summed E-state index contributed by atoms with van der Waals surface area (Å²) in [5.74, 6) is -2.85. The average molecular weight is 351 g/mol. The molecule has 0 aliphatic carbocycles. The summed E-state index contributed by atoms with van der Waals surface area (Å²) < 4.78 is 5.10. The van der Waals surface area contributed by atoms with Crippen molar-refractivity contribution in [3.63, 3.8) is 0 Å². The van der Waals surface area contributed by atoms with Crippen LogP contribution >= 0.6 is 0 Å². The molecule has 12 heteroatoms. The summed E-state index contributed by atoms with van der Waals surface area (Å²) in [6.45, 7) is 4.23. The number of carbonyl (C=O) groups excluding carboxylic acids is 1. The van der Waals surface area contributed by atoms with Crippen LogP contribution in [-0.4, -0.2) is 69.0 Å². The highest BCUT2D eigenvalue weighted by atomic mass is 17.3. The second kappa shape index (κ2) is 8.86. The van der Waals surface area contributed by atoms with Crippen LogP contribution in [0, 0.1) is 0 Å². The first-order valence-corrected chi connectivity index (χ1v) is 7.07. The molecule has 0 aromatic carbocycles. The van der Waals surface area contributed by atoms with E-state index in [1.807, 2.05) is 0 Å². The molecule has 12 nitrogen and oxygen atoms in total. The fraction of sp³-hybridized carbons (Fsp3) is 0.750. The molecule has 2 N–H and O–H groups in total. The highest BCUT2D eigenvalue weighted by molar-refractivity contribution is 5.71. The molecule has 24 heavy (non-hydrogen) atoms. The van der Waals surface area contributed by atoms with Crippen molar-refractivity contribution < 1.29 is 44.1 Å². The lowest BCUT2D eigenvalue weighted by molar-refractivity contribution is -0.707. The van der Waals surface area contributed by atoms with E-state index in [0.717, 1.165) is 10.5 Å². The quantitative estimate of drug-likeness (QED) is 0.557. The molecule has 0 saturated carbocycles. The number of carboxylic acid groups (broad SMARTS) is 2. The van der Waals surface area contributed by atoms with E-state index in [2.05, 4.69) is 0 Å². The largest absolute Gasteiger partial charge is 0.481 e. The van der Waals surface area contributed by atoms with Gasteiger partial charge >= 0.3 is 17.9 Å². The zero-order chi connectivity index (χ0) is 18.3. The number of carbonyl (C=O) groups is 3. The third kappa shape index (κ3) is 8.71. The lowest BCUT2D eigenvalue weighted by Gasteiger charge is -2.36. The summed E-state index contributed by atoms with van der Waals surface area (Å²) in [7, 11) is 0. The van der Waals surface area contributed by atoms with Crippen LogP contribution in [0.2, 0.25) is 0 Å². The minimum absolute atomic E-state index is 0.187. The molecule has 0 bridgehead atoms. The molecule has 1 fully saturated rings. The van der Waals surface area contributed by atoms with Gasteiger partial charge in [0, 0.05) is 0 Å². The Morgan fingerprint density at radius 3 is 1.67 bits per heavy atom. The minimum atomic E-state index is -1.09. The van der Waals surface area contributed by atoms with Gasteiger partial charge in [-0.15, -0.1) is 0 Å². The molecule has 0 amide bonds. The summed E-state index contributed by atoms with van der Waals surface area (Å²) in [5, 5.41) is 19.6. The first-order valence-electron chi connectivity index (χ1n) is 7.07. The monoisotopic (exact) mass is 351 g/mol. The molecular weight excluding hydrogens is 330 g/mol. The van der Waals surface area contributed by atoms with E-state index < -0.39 is 30.1 Å². The fourth-order valence-corrected chi connectivity index (χ4v) is 1.42. The number of hydrogen-bond donors (Lipinski definition) is 2. The van der Waals surface area contributed by atoms with E-state index in [1.54, 1.807) is 20.8 Å². The number of ether oxygens (including phenoxy) is 1. The van der Waals surface area contributed by atoms with Gasteiger partial charge in [0.2, 0.25) is 0 Å². The van der Waals surface area contributed by atoms with E-state index in [4.69, 9.17) is 29.8 Å². The van der Waals surface area contributed by atoms with Gasteiger partial charge in [-0.3, -0.25) is 14.4 Å². The van der Waals surface area contributed by atoms with Gasteiger partial charge < -0.3 is 14.9 Å². The van der Waals surface area contributed by atoms with Crippen molar-refractivity contribution in [1.82, 2.24) is 15.7 Å². The maximum Gasteiger partial charge on any atom is 0.325 e. The summed E-state index contributed by atoms with van der Waals surface area (Å²) in [5.41, 5.74) is -0.713. The van der Waals surface area contributed by atoms with Crippen LogP contribution in [-0.2, 0) is 33.9 Å². The topological polar surface area (TPSA) is 138 Å². The number of hydrogen-bond acceptors (Lipinski definition) is 10. The summed E-state index contributed by atoms with van der Waals surface area (Å²) in [4.78, 5) is 48.1. The molecule has 1 saturated heterocycles. The van der Waals surface area contributed by atoms with Gasteiger partial charge in [0.25, 0.3) is 0 Å². The van der Waals surface area contributed by atoms with Gasteiger partial charge in [-0.25, -0.2) is 0 Å². The van der Waals surface area contributed by atoms with Crippen molar-refractivity contribution in [2.75, 3.05) is 19.6 Å². The number of hydroxylamine groups is 6. The summed E-state index contributed by atoms with van der Waals surface area (Å²) in [6.07, 6.45) is -0.625. The second-order valence-corrected chi connectivity index (χ2v) is 5.72. The van der Waals surface area contributed by atoms with Crippen LogP contribution in [0.15, 0.2) is 0 Å². The molecule has 0 radical (unpaired) electrons. The predicted octanol–water partition coefficient (Wildman–Crippen LogP) is -0.263. The maximum atomic E-state index is 11.8. The van der Waals surface area contributed by atoms with Gasteiger partial charge in [-0.05, 0) is 36.5 Å². The van der Waals surface area contributed by atoms with Crippen LogP contribution < -0.4 is 0 Å². The standard InChI is InChI=1S/C12H21N3O9/c1-12(2,3)21-11(20)8-15-23-13(6-4-9(16)17)22-14(24-15)7-5-10(18)19/h4-8H2,1-3H3,(H,16,17)(H,18,19). The van der Waals surface area contributed by atoms with Crippen molar-refractivity contribution in [3.05, 3.63) is 0 Å². The van der Waals surface area contributed by atoms with Gasteiger partial charge in [0.15, 0.2) is 6.54 Å². The van der Waals surface area contributed by atoms with Crippen LogP contribution in [0.5, 0.6) is 0 Å². The molecule has 0 spiro atoms. The van der Waals surface area contributed by atoms with E-state index in [0.29, 0.717) is 5.23 Å². The molecule has 0 atom stereocenters. The fourth-order valence-electron chi connectivity index (χ4n) is 1.42. The Labute approximate surface area is 137 Å². The maximum absolute atomic E-state index is 11.8. The molecule has 0 unspecified atom stereocenters. The zero-order valence-corrected chi connectivity index (χ0v) is 13.6. The van der Waals surface area contributed by atoms with Crippen LogP contribution in [0.1, 0.15) is 33.6 Å². The van der Waals surface area contributed by atoms with E-state index in [1.165, 1.54) is 0 Å². The molecule has 0 aromatic rings. The lowest BCUT2D eigenvalue weighted by Crippen LogP contribution is -2.52. The van der Waals surface area contributed by atoms with Gasteiger partial charge in [-0.2, -0.15) is 14.8 Å². The number of rotatable bonds is 8. The first-order chi connectivity index (χ1) is 11.0. The third-order valence-electron chi connectivity index (χ3n) is 2.24. The molecular formula is C12H21N3O9. The molecule has 1 heterocycles. The van der Waals surface area contributed by atoms with Crippen LogP contribution in [0.3, 0.4) is 0 Å². The Morgan fingerprint density at radius 2 is 1.29 bits per heavy atom. The zero-order valence-electron chi connectivity index (χ0n) is 13.6. The van der Waals surface area contributed by atoms with Gasteiger partial charge in [0.05, 0.1) is 25.9 Å². The van der Waals surface area contributed by atoms with Crippen LogP contribution in [0.25, 0.3) is 0 Å². The van der Waals surface area contributed by atoms with E-state index in [9.17, 15) is 14.4 Å². The smallest absolute Gasteiger partial charge is 0.325 e. The molecule has 1 aliphatic rings. The molecule has 0 aromatic heterocycles. The third-order valence-corrected chi connectivity index (χ3v) is 2.24. The summed E-state index contributed by atoms with van der Waals surface area (Å²) in [6, 6.07) is 0. The number of aliphatic carboxylic acids is 2. The van der Waals surface area contributed by atoms with Gasteiger partial charge in [-0.1, -0.05) is 0 Å². The minimum Gasteiger partial charge on any atom is -0.481 e. The Balaban J connectivity index is 2.61. The molecule has 1 rings (SSSR count). The van der Waals surface area contributed by atoms with Crippen molar-refractivity contribution in [2.24, 2.45) is 0 Å². The Bertz CT molecular complexity index is 439. The summed E-state index contributed by atoms with van der Waals surface area (Å²) >= 11 is 0. The highest BCUT2D eigenvalue weighted by Gasteiger charge is 2.31. The van der Waals surface area contributed by atoms with Gasteiger partial charge in [0.1, 0.15) is 5.60 Å². The van der Waals surface area contributed by atoms with Crippen molar-refractivity contribution in [2.45, 2.75) is 39.2 Å². The SMILES string of the molecule is CC(C)(C)OC(=O)CN1ON(CCC(=O)O)ON(CCC(=O)O)O1. The van der Waals surface area contributed by atoms with Crippen LogP contribution in [0.4, 0.5) is 0 Å². The predicted molar refractivity (Wildman–Crippen MR) is 73.7 cm³/mol. The van der Waals surface area contributed by atoms with Crippen molar-refractivity contribution >= 4 is 17.9 Å². The molecule has 138 valence electrons. The normalized spacial score (nSPS) is 17.6. The number of esters is 1. The van der Waals surface area contributed by atoms with Crippen molar-refractivity contribution in [1.29, 1.82) is 0 Å². The lowest BCUT2D eigenvalue weighted by atomic mass is 10.2. The van der Waals surface area contributed by atoms with E-state index in [-0.39, 0.29) is 25.9 Å². The van der Waals surface area contributed by atoms with Crippen molar-refractivity contribution in [3.8, 4) is 0 Å². The Kier molecular flexibility index (Phi) is 7.47. The number of nitrogens with zero attached hydrogens (tertiary/aromatic N) is 3. The highest BCUT2D eigenvalue weighted by Crippen LogP contribution is 2.15. The first kappa shape index (κ1) is 20.2. The average Bonchev–Trinajstić information content (AvgIpc) is 2.40. The second-order valence-electron chi connectivity index (χ2n) is 5.72. The molecule has 1 aliphatic heterocycles. The Morgan fingerprint density at radius 1 is 0.875 bits per heavy atom.